The lowest BCUT2D eigenvalue weighted by molar-refractivity contribution is -0.156. The molecule has 1 saturated heterocycles. The van der Waals surface area contributed by atoms with Crippen molar-refractivity contribution in [2.75, 3.05) is 0 Å². The second kappa shape index (κ2) is 8.83. The SMILES string of the molecule is O=C(c1ccc(Cl)cc1)N(Cc1ccc(Cl)c(Cl)c1)N1C(=O)[C@@H]2[C@H]3C[C@@H]([C@@H](Br)[C@H]3Br)[C@H]2C1=O. The number of amides is 3. The van der Waals surface area contributed by atoms with Crippen LogP contribution in [0.25, 0.3) is 0 Å². The van der Waals surface area contributed by atoms with Crippen LogP contribution in [0.5, 0.6) is 0 Å². The fourth-order valence-electron chi connectivity index (χ4n) is 5.36. The fraction of sp³-hybridized carbons (Fsp3) is 0.348. The standard InChI is InChI=1S/C23H17Br2Cl3N2O3/c24-19-13-8-14(20(19)25)18-17(13)22(32)30(23(18)33)29(9-10-1-6-15(27)16(28)7-10)21(31)11-2-4-12(26)5-3-11/h1-7,13-14,17-20H,8-9H2/t13-,14-,17-,18-,19-,20+/m1/s1. The Balaban J connectivity index is 1.53. The van der Waals surface area contributed by atoms with Crippen molar-refractivity contribution < 1.29 is 14.4 Å². The Morgan fingerprint density at radius 2 is 1.48 bits per heavy atom. The molecule has 0 aromatic heterocycles. The number of hydrogen-bond donors (Lipinski definition) is 0. The molecule has 10 heteroatoms. The molecular formula is C23H17Br2Cl3N2O3. The van der Waals surface area contributed by atoms with E-state index in [1.165, 1.54) is 5.01 Å². The average molecular weight is 636 g/mol. The second-order valence-electron chi connectivity index (χ2n) is 8.61. The highest BCUT2D eigenvalue weighted by atomic mass is 79.9. The molecule has 3 aliphatic rings. The molecule has 2 aromatic carbocycles. The van der Waals surface area contributed by atoms with Gasteiger partial charge in [-0.1, -0.05) is 72.7 Å². The smallest absolute Gasteiger partial charge is 0.272 e. The highest BCUT2D eigenvalue weighted by molar-refractivity contribution is 9.12. The minimum Gasteiger partial charge on any atom is -0.272 e. The molecule has 172 valence electrons. The third-order valence-corrected chi connectivity index (χ3v) is 11.0. The number of fused-ring (bicyclic) bond motifs is 5. The van der Waals surface area contributed by atoms with Crippen LogP contribution in [0, 0.1) is 23.7 Å². The number of carbonyl (C=O) groups is 3. The van der Waals surface area contributed by atoms with Crippen LogP contribution >= 0.6 is 66.7 Å². The molecule has 5 nitrogen and oxygen atoms in total. The molecule has 3 fully saturated rings. The first-order valence-electron chi connectivity index (χ1n) is 10.4. The van der Waals surface area contributed by atoms with E-state index in [1.807, 2.05) is 0 Å². The van der Waals surface area contributed by atoms with Gasteiger partial charge in [-0.2, -0.15) is 5.01 Å². The summed E-state index contributed by atoms with van der Waals surface area (Å²) in [5.41, 5.74) is 0.959. The summed E-state index contributed by atoms with van der Waals surface area (Å²) in [5, 5.41) is 3.46. The molecule has 1 heterocycles. The van der Waals surface area contributed by atoms with E-state index in [4.69, 9.17) is 34.8 Å². The van der Waals surface area contributed by atoms with Gasteiger partial charge in [0.15, 0.2) is 0 Å². The van der Waals surface area contributed by atoms with Crippen LogP contribution in [0.3, 0.4) is 0 Å². The Hall–Kier alpha value is -1.12. The van der Waals surface area contributed by atoms with Gasteiger partial charge in [0.25, 0.3) is 17.7 Å². The Kier molecular flexibility index (Phi) is 6.32. The molecule has 33 heavy (non-hydrogen) atoms. The van der Waals surface area contributed by atoms with Crippen LogP contribution in [-0.2, 0) is 16.1 Å². The summed E-state index contributed by atoms with van der Waals surface area (Å²) in [6.07, 6.45) is 0.810. The van der Waals surface area contributed by atoms with Gasteiger partial charge in [0.05, 0.1) is 28.4 Å². The first-order chi connectivity index (χ1) is 15.7. The zero-order chi connectivity index (χ0) is 23.6. The van der Waals surface area contributed by atoms with E-state index in [0.717, 1.165) is 11.4 Å². The summed E-state index contributed by atoms with van der Waals surface area (Å²) in [5.74, 6) is -1.92. The predicted octanol–water partition coefficient (Wildman–Crippen LogP) is 5.98. The molecule has 0 spiro atoms. The number of alkyl halides is 2. The quantitative estimate of drug-likeness (QED) is 0.307. The van der Waals surface area contributed by atoms with Crippen LogP contribution in [0.2, 0.25) is 15.1 Å². The molecule has 2 saturated carbocycles. The number of nitrogens with zero attached hydrogens (tertiary/aromatic N) is 2. The van der Waals surface area contributed by atoms with Crippen molar-refractivity contribution in [2.45, 2.75) is 22.6 Å². The van der Waals surface area contributed by atoms with E-state index in [9.17, 15) is 14.4 Å². The minimum atomic E-state index is -0.474. The molecule has 1 aliphatic heterocycles. The predicted molar refractivity (Wildman–Crippen MR) is 134 cm³/mol. The van der Waals surface area contributed by atoms with Crippen molar-refractivity contribution in [3.63, 3.8) is 0 Å². The third kappa shape index (κ3) is 3.84. The first-order valence-corrected chi connectivity index (χ1v) is 13.3. The normalized spacial score (nSPS) is 30.2. The third-order valence-electron chi connectivity index (χ3n) is 6.85. The van der Waals surface area contributed by atoms with Crippen LogP contribution in [0.1, 0.15) is 22.3 Å². The summed E-state index contributed by atoms with van der Waals surface area (Å²) >= 11 is 25.6. The summed E-state index contributed by atoms with van der Waals surface area (Å²) in [4.78, 5) is 41.0. The van der Waals surface area contributed by atoms with Crippen LogP contribution in [0.15, 0.2) is 42.5 Å². The Morgan fingerprint density at radius 3 is 2.03 bits per heavy atom. The summed E-state index contributed by atoms with van der Waals surface area (Å²) in [6.45, 7) is -0.0138. The molecular weight excluding hydrogens is 618 g/mol. The first kappa shape index (κ1) is 23.6. The maximum atomic E-state index is 13.6. The van der Waals surface area contributed by atoms with Gasteiger partial charge in [-0.15, -0.1) is 0 Å². The lowest BCUT2D eigenvalue weighted by Gasteiger charge is -2.31. The van der Waals surface area contributed by atoms with Gasteiger partial charge in [-0.25, -0.2) is 5.01 Å². The van der Waals surface area contributed by atoms with Gasteiger partial charge in [-0.3, -0.25) is 14.4 Å². The summed E-state index contributed by atoms with van der Waals surface area (Å²) in [6, 6.07) is 11.3. The van der Waals surface area contributed by atoms with E-state index >= 15 is 0 Å². The number of hydrogen-bond acceptors (Lipinski definition) is 3. The second-order valence-corrected chi connectivity index (χ2v) is 12.0. The van der Waals surface area contributed by atoms with Crippen molar-refractivity contribution >= 4 is 84.4 Å². The number of hydrazine groups is 1. The molecule has 0 N–H and O–H groups in total. The Labute approximate surface area is 222 Å². The number of carbonyl (C=O) groups excluding carboxylic acids is 3. The van der Waals surface area contributed by atoms with Crippen molar-refractivity contribution in [1.29, 1.82) is 0 Å². The Morgan fingerprint density at radius 1 is 0.909 bits per heavy atom. The van der Waals surface area contributed by atoms with Gasteiger partial charge >= 0.3 is 0 Å². The zero-order valence-corrected chi connectivity index (χ0v) is 22.4. The maximum absolute atomic E-state index is 13.6. The molecule has 3 amide bonds. The average Bonchev–Trinajstić information content (AvgIpc) is 3.40. The van der Waals surface area contributed by atoms with Crippen molar-refractivity contribution in [1.82, 2.24) is 10.0 Å². The largest absolute Gasteiger partial charge is 0.273 e. The van der Waals surface area contributed by atoms with E-state index in [2.05, 4.69) is 31.9 Å². The van der Waals surface area contributed by atoms with Crippen LogP contribution in [0.4, 0.5) is 0 Å². The van der Waals surface area contributed by atoms with Crippen LogP contribution in [-0.4, -0.2) is 37.4 Å². The monoisotopic (exact) mass is 632 g/mol. The molecule has 2 aromatic rings. The fourth-order valence-corrected chi connectivity index (χ4v) is 7.68. The van der Waals surface area contributed by atoms with E-state index in [-0.39, 0.29) is 39.8 Å². The molecule has 0 radical (unpaired) electrons. The summed E-state index contributed by atoms with van der Waals surface area (Å²) < 4.78 is 0. The van der Waals surface area contributed by atoms with Gasteiger partial charge < -0.3 is 0 Å². The lowest BCUT2D eigenvalue weighted by atomic mass is 9.81. The number of rotatable bonds is 4. The van der Waals surface area contributed by atoms with Crippen molar-refractivity contribution in [2.24, 2.45) is 23.7 Å². The molecule has 5 rings (SSSR count). The lowest BCUT2D eigenvalue weighted by Crippen LogP contribution is -2.50. The van der Waals surface area contributed by atoms with Gasteiger partial charge in [0.1, 0.15) is 0 Å². The number of imide groups is 1. The van der Waals surface area contributed by atoms with Gasteiger partial charge in [-0.05, 0) is 60.2 Å². The molecule has 2 bridgehead atoms. The number of benzene rings is 2. The topological polar surface area (TPSA) is 57.7 Å². The molecule has 2 aliphatic carbocycles. The maximum Gasteiger partial charge on any atom is 0.273 e. The van der Waals surface area contributed by atoms with E-state index < -0.39 is 17.7 Å². The van der Waals surface area contributed by atoms with Crippen LogP contribution < -0.4 is 0 Å². The van der Waals surface area contributed by atoms with Crippen molar-refractivity contribution in [3.8, 4) is 0 Å². The van der Waals surface area contributed by atoms with Gasteiger partial charge in [0.2, 0.25) is 0 Å². The van der Waals surface area contributed by atoms with Gasteiger partial charge in [0, 0.05) is 20.2 Å². The summed E-state index contributed by atoms with van der Waals surface area (Å²) in [7, 11) is 0. The molecule has 0 unspecified atom stereocenters. The minimum absolute atomic E-state index is 0.0138. The molecule has 6 atom stereocenters. The Bertz CT molecular complexity index is 1130. The van der Waals surface area contributed by atoms with E-state index in [1.54, 1.807) is 42.5 Å². The highest BCUT2D eigenvalue weighted by Crippen LogP contribution is 2.60. The zero-order valence-electron chi connectivity index (χ0n) is 16.9. The van der Waals surface area contributed by atoms with Crippen molar-refractivity contribution in [3.05, 3.63) is 68.7 Å². The highest BCUT2D eigenvalue weighted by Gasteiger charge is 2.67. The van der Waals surface area contributed by atoms with E-state index in [0.29, 0.717) is 26.2 Å². The number of halogens is 5.